The minimum absolute atomic E-state index is 0.0692. The van der Waals surface area contributed by atoms with Gasteiger partial charge in [0, 0.05) is 44.5 Å². The van der Waals surface area contributed by atoms with Gasteiger partial charge < -0.3 is 14.2 Å². The minimum atomic E-state index is -0.0692. The number of hydrogen-bond donors (Lipinski definition) is 0. The van der Waals surface area contributed by atoms with E-state index in [2.05, 4.69) is 20.3 Å². The van der Waals surface area contributed by atoms with Crippen molar-refractivity contribution in [3.8, 4) is 5.88 Å². The summed E-state index contributed by atoms with van der Waals surface area (Å²) in [6.07, 6.45) is 5.05. The maximum Gasteiger partial charge on any atom is 0.293 e. The second-order valence-electron chi connectivity index (χ2n) is 6.13. The van der Waals surface area contributed by atoms with Gasteiger partial charge in [-0.05, 0) is 18.9 Å². The molecule has 0 amide bonds. The first-order valence-electron chi connectivity index (χ1n) is 8.20. The molecule has 130 valence electrons. The summed E-state index contributed by atoms with van der Waals surface area (Å²) in [5.41, 5.74) is 0.636. The molecule has 0 atom stereocenters. The topological polar surface area (TPSA) is 90.4 Å². The SMILES string of the molecule is COc1ccc2nnc(C3CCN(c4nccn(C)c4=O)CC3)n2n1. The number of rotatable bonds is 3. The Morgan fingerprint density at radius 3 is 2.76 bits per heavy atom. The van der Waals surface area contributed by atoms with Crippen LogP contribution in [-0.2, 0) is 7.05 Å². The normalized spacial score (nSPS) is 15.7. The molecule has 0 spiro atoms. The first kappa shape index (κ1) is 15.6. The number of aromatic nitrogens is 6. The number of anilines is 1. The number of hydrogen-bond acceptors (Lipinski definition) is 7. The number of ether oxygens (including phenoxy) is 1. The van der Waals surface area contributed by atoms with Crippen molar-refractivity contribution in [3.63, 3.8) is 0 Å². The fourth-order valence-corrected chi connectivity index (χ4v) is 3.20. The van der Waals surface area contributed by atoms with Crippen LogP contribution in [0.1, 0.15) is 24.6 Å². The molecule has 3 aromatic heterocycles. The average Bonchev–Trinajstić information content (AvgIpc) is 3.07. The molecule has 1 aliphatic rings. The molecule has 0 bridgehead atoms. The fraction of sp³-hybridized carbons (Fsp3) is 0.438. The molecule has 4 heterocycles. The zero-order valence-electron chi connectivity index (χ0n) is 14.2. The van der Waals surface area contributed by atoms with E-state index in [0.29, 0.717) is 17.3 Å². The number of fused-ring (bicyclic) bond motifs is 1. The summed E-state index contributed by atoms with van der Waals surface area (Å²) in [5.74, 6) is 2.11. The molecule has 0 N–H and O–H groups in total. The Morgan fingerprint density at radius 2 is 2.00 bits per heavy atom. The lowest BCUT2D eigenvalue weighted by Crippen LogP contribution is -2.38. The van der Waals surface area contributed by atoms with Crippen LogP contribution in [0.5, 0.6) is 5.88 Å². The van der Waals surface area contributed by atoms with Gasteiger partial charge in [0.25, 0.3) is 5.56 Å². The van der Waals surface area contributed by atoms with Crippen LogP contribution in [0.15, 0.2) is 29.3 Å². The van der Waals surface area contributed by atoms with E-state index < -0.39 is 0 Å². The Morgan fingerprint density at radius 1 is 1.20 bits per heavy atom. The van der Waals surface area contributed by atoms with Gasteiger partial charge in [-0.3, -0.25) is 4.79 Å². The van der Waals surface area contributed by atoms with Crippen LogP contribution < -0.4 is 15.2 Å². The molecular formula is C16H19N7O2. The summed E-state index contributed by atoms with van der Waals surface area (Å²) in [7, 11) is 3.33. The number of piperidine rings is 1. The standard InChI is InChI=1S/C16H19N7O2/c1-21-10-7-17-15(16(21)24)22-8-5-11(6-9-22)14-19-18-12-3-4-13(25-2)20-23(12)14/h3-4,7,10-11H,5-6,8-9H2,1-2H3. The molecule has 1 fully saturated rings. The lowest BCUT2D eigenvalue weighted by Gasteiger charge is -2.31. The summed E-state index contributed by atoms with van der Waals surface area (Å²) < 4.78 is 8.49. The molecule has 3 aromatic rings. The van der Waals surface area contributed by atoms with Gasteiger partial charge in [-0.25, -0.2) is 4.98 Å². The number of methoxy groups -OCH3 is 1. The summed E-state index contributed by atoms with van der Waals surface area (Å²) in [6.45, 7) is 1.49. The van der Waals surface area contributed by atoms with Gasteiger partial charge in [0.15, 0.2) is 17.3 Å². The van der Waals surface area contributed by atoms with Crippen LogP contribution in [-0.4, -0.2) is 49.6 Å². The third kappa shape index (κ3) is 2.71. The first-order valence-corrected chi connectivity index (χ1v) is 8.20. The van der Waals surface area contributed by atoms with Crippen molar-refractivity contribution >= 4 is 11.5 Å². The zero-order chi connectivity index (χ0) is 17.4. The van der Waals surface area contributed by atoms with Crippen molar-refractivity contribution in [2.24, 2.45) is 7.05 Å². The highest BCUT2D eigenvalue weighted by Crippen LogP contribution is 2.28. The van der Waals surface area contributed by atoms with Crippen LogP contribution >= 0.6 is 0 Å². The van der Waals surface area contributed by atoms with Crippen molar-refractivity contribution in [2.45, 2.75) is 18.8 Å². The first-order chi connectivity index (χ1) is 12.2. The molecule has 25 heavy (non-hydrogen) atoms. The smallest absolute Gasteiger partial charge is 0.293 e. The van der Waals surface area contributed by atoms with E-state index >= 15 is 0 Å². The summed E-state index contributed by atoms with van der Waals surface area (Å²) in [4.78, 5) is 18.5. The van der Waals surface area contributed by atoms with Gasteiger partial charge in [0.1, 0.15) is 0 Å². The van der Waals surface area contributed by atoms with E-state index in [9.17, 15) is 4.79 Å². The van der Waals surface area contributed by atoms with Crippen molar-refractivity contribution in [3.05, 3.63) is 40.7 Å². The van der Waals surface area contributed by atoms with E-state index in [4.69, 9.17) is 4.74 Å². The van der Waals surface area contributed by atoms with Crippen LogP contribution in [0.4, 0.5) is 5.82 Å². The second kappa shape index (κ2) is 6.15. The Bertz CT molecular complexity index is 957. The van der Waals surface area contributed by atoms with Crippen molar-refractivity contribution in [1.82, 2.24) is 29.4 Å². The molecule has 1 saturated heterocycles. The van der Waals surface area contributed by atoms with Crippen molar-refractivity contribution < 1.29 is 4.74 Å². The van der Waals surface area contributed by atoms with Crippen LogP contribution in [0.2, 0.25) is 0 Å². The maximum atomic E-state index is 12.2. The second-order valence-corrected chi connectivity index (χ2v) is 6.13. The highest BCUT2D eigenvalue weighted by atomic mass is 16.5. The fourth-order valence-electron chi connectivity index (χ4n) is 3.20. The molecule has 0 aromatic carbocycles. The van der Waals surface area contributed by atoms with Gasteiger partial charge in [0.2, 0.25) is 5.88 Å². The molecule has 4 rings (SSSR count). The maximum absolute atomic E-state index is 12.2. The molecule has 1 aliphatic heterocycles. The van der Waals surface area contributed by atoms with Crippen LogP contribution in [0.25, 0.3) is 5.65 Å². The molecule has 0 saturated carbocycles. The third-order valence-corrected chi connectivity index (χ3v) is 4.63. The summed E-state index contributed by atoms with van der Waals surface area (Å²) in [5, 5.41) is 12.9. The van der Waals surface area contributed by atoms with Crippen molar-refractivity contribution in [1.29, 1.82) is 0 Å². The third-order valence-electron chi connectivity index (χ3n) is 4.63. The van der Waals surface area contributed by atoms with E-state index in [1.54, 1.807) is 41.7 Å². The van der Waals surface area contributed by atoms with Crippen molar-refractivity contribution in [2.75, 3.05) is 25.1 Å². The van der Waals surface area contributed by atoms with Gasteiger partial charge in [-0.1, -0.05) is 0 Å². The van der Waals surface area contributed by atoms with E-state index in [1.165, 1.54) is 0 Å². The monoisotopic (exact) mass is 341 g/mol. The lowest BCUT2D eigenvalue weighted by atomic mass is 9.96. The Hall–Kier alpha value is -2.97. The van der Waals surface area contributed by atoms with E-state index in [1.807, 2.05) is 11.0 Å². The Kier molecular flexibility index (Phi) is 3.83. The quantitative estimate of drug-likeness (QED) is 0.689. The highest BCUT2D eigenvalue weighted by molar-refractivity contribution is 5.39. The van der Waals surface area contributed by atoms with E-state index in [-0.39, 0.29) is 11.5 Å². The van der Waals surface area contributed by atoms with Gasteiger partial charge >= 0.3 is 0 Å². The molecular weight excluding hydrogens is 322 g/mol. The minimum Gasteiger partial charge on any atom is -0.480 e. The molecule has 0 aliphatic carbocycles. The molecule has 0 unspecified atom stereocenters. The largest absolute Gasteiger partial charge is 0.480 e. The van der Waals surface area contributed by atoms with Gasteiger partial charge in [-0.2, -0.15) is 4.52 Å². The summed E-state index contributed by atoms with van der Waals surface area (Å²) in [6, 6.07) is 3.61. The van der Waals surface area contributed by atoms with Gasteiger partial charge in [-0.15, -0.1) is 15.3 Å². The molecule has 9 heteroatoms. The number of aryl methyl sites for hydroxylation is 1. The molecule has 9 nitrogen and oxygen atoms in total. The average molecular weight is 341 g/mol. The summed E-state index contributed by atoms with van der Waals surface area (Å²) >= 11 is 0. The van der Waals surface area contributed by atoms with Crippen LogP contribution in [0.3, 0.4) is 0 Å². The number of nitrogens with zero attached hydrogens (tertiary/aromatic N) is 7. The predicted molar refractivity (Wildman–Crippen MR) is 91.0 cm³/mol. The molecule has 0 radical (unpaired) electrons. The van der Waals surface area contributed by atoms with Gasteiger partial charge in [0.05, 0.1) is 7.11 Å². The predicted octanol–water partition coefficient (Wildman–Crippen LogP) is 0.611. The van der Waals surface area contributed by atoms with E-state index in [0.717, 1.165) is 31.8 Å². The van der Waals surface area contributed by atoms with Crippen LogP contribution in [0, 0.1) is 0 Å². The Labute approximate surface area is 143 Å². The zero-order valence-corrected chi connectivity index (χ0v) is 14.2. The lowest BCUT2D eigenvalue weighted by molar-refractivity contribution is 0.386. The highest BCUT2D eigenvalue weighted by Gasteiger charge is 2.27. The Balaban J connectivity index is 1.56.